The van der Waals surface area contributed by atoms with Crippen LogP contribution in [0.2, 0.25) is 39.3 Å². The molecule has 198 valence electrons. The van der Waals surface area contributed by atoms with Crippen LogP contribution in [0, 0.1) is 0 Å². The van der Waals surface area contributed by atoms with Crippen LogP contribution in [0.4, 0.5) is 0 Å². The summed E-state index contributed by atoms with van der Waals surface area (Å²) in [5.74, 6) is -0.0755. The highest BCUT2D eigenvalue weighted by atomic mass is 28.4. The third kappa shape index (κ3) is 22.1. The van der Waals surface area contributed by atoms with Gasteiger partial charge in [-0.25, -0.2) is 0 Å². The van der Waals surface area contributed by atoms with Crippen LogP contribution in [0.3, 0.4) is 0 Å². The summed E-state index contributed by atoms with van der Waals surface area (Å²) in [6, 6.07) is 0. The highest BCUT2D eigenvalue weighted by molar-refractivity contribution is 6.70. The topological polar surface area (TPSA) is 44.8 Å². The van der Waals surface area contributed by atoms with Crippen molar-refractivity contribution in [2.75, 3.05) is 7.11 Å². The maximum Gasteiger partial charge on any atom is 0.305 e. The molecular weight excluding hydrogens is 444 g/mol. The van der Waals surface area contributed by atoms with E-state index in [1.807, 2.05) is 0 Å². The minimum absolute atomic E-state index is 0.0755. The molecule has 0 rings (SSSR count). The highest BCUT2D eigenvalue weighted by Gasteiger charge is 2.31. The zero-order valence-corrected chi connectivity index (χ0v) is 25.6. The fourth-order valence-corrected chi connectivity index (χ4v) is 6.62. The predicted molar refractivity (Wildman–Crippen MR) is 148 cm³/mol. The molecule has 2 atom stereocenters. The average molecular weight is 503 g/mol. The maximum atomic E-state index is 11.1. The SMILES string of the molecule is CCCCC(O[Si](C)(C)C)C(CCCCCCCCCCCCCC(=O)OC)O[Si](C)(C)C. The second kappa shape index (κ2) is 19.1. The summed E-state index contributed by atoms with van der Waals surface area (Å²) in [5, 5.41) is 0. The van der Waals surface area contributed by atoms with Gasteiger partial charge in [0.25, 0.3) is 0 Å². The van der Waals surface area contributed by atoms with Gasteiger partial charge in [0.05, 0.1) is 19.3 Å². The van der Waals surface area contributed by atoms with Gasteiger partial charge in [0.2, 0.25) is 0 Å². The van der Waals surface area contributed by atoms with E-state index in [1.54, 1.807) is 0 Å². The quantitative estimate of drug-likeness (QED) is 0.0842. The van der Waals surface area contributed by atoms with Gasteiger partial charge < -0.3 is 13.6 Å². The Bertz CT molecular complexity index is 472. The smallest absolute Gasteiger partial charge is 0.305 e. The molecule has 0 N–H and O–H groups in total. The molecule has 0 heterocycles. The number of ether oxygens (including phenoxy) is 1. The Hall–Kier alpha value is -0.176. The van der Waals surface area contributed by atoms with Crippen molar-refractivity contribution in [3.05, 3.63) is 0 Å². The zero-order valence-electron chi connectivity index (χ0n) is 23.6. The van der Waals surface area contributed by atoms with Crippen molar-refractivity contribution in [1.82, 2.24) is 0 Å². The number of carbonyl (C=O) groups excluding carboxylic acids is 1. The van der Waals surface area contributed by atoms with Crippen LogP contribution >= 0.6 is 0 Å². The number of hydrogen-bond acceptors (Lipinski definition) is 4. The van der Waals surface area contributed by atoms with Crippen LogP contribution in [0.5, 0.6) is 0 Å². The number of unbranched alkanes of at least 4 members (excludes halogenated alkanes) is 11. The molecule has 2 unspecified atom stereocenters. The molecule has 6 heteroatoms. The van der Waals surface area contributed by atoms with Gasteiger partial charge in [-0.05, 0) is 58.5 Å². The molecule has 0 amide bonds. The molecule has 0 saturated carbocycles. The molecule has 0 spiro atoms. The lowest BCUT2D eigenvalue weighted by molar-refractivity contribution is -0.140. The van der Waals surface area contributed by atoms with Gasteiger partial charge in [0, 0.05) is 6.42 Å². The largest absolute Gasteiger partial charge is 0.469 e. The van der Waals surface area contributed by atoms with Crippen LogP contribution in [0.1, 0.15) is 110 Å². The van der Waals surface area contributed by atoms with E-state index in [2.05, 4.69) is 50.9 Å². The van der Waals surface area contributed by atoms with Crippen molar-refractivity contribution >= 4 is 22.6 Å². The van der Waals surface area contributed by atoms with Gasteiger partial charge in [-0.3, -0.25) is 4.79 Å². The van der Waals surface area contributed by atoms with Gasteiger partial charge in [-0.1, -0.05) is 84.0 Å². The highest BCUT2D eigenvalue weighted by Crippen LogP contribution is 2.25. The third-order valence-corrected chi connectivity index (χ3v) is 7.88. The van der Waals surface area contributed by atoms with E-state index in [0.29, 0.717) is 6.42 Å². The lowest BCUT2D eigenvalue weighted by atomic mass is 10.0. The van der Waals surface area contributed by atoms with Crippen LogP contribution < -0.4 is 0 Å². The van der Waals surface area contributed by atoms with Crippen molar-refractivity contribution in [2.45, 2.75) is 161 Å². The van der Waals surface area contributed by atoms with Crippen LogP contribution in [0.25, 0.3) is 0 Å². The van der Waals surface area contributed by atoms with E-state index < -0.39 is 16.6 Å². The zero-order chi connectivity index (χ0) is 25.2. The first kappa shape index (κ1) is 32.8. The van der Waals surface area contributed by atoms with Crippen LogP contribution in [-0.4, -0.2) is 41.9 Å². The van der Waals surface area contributed by atoms with Crippen LogP contribution in [-0.2, 0) is 18.4 Å². The summed E-state index contributed by atoms with van der Waals surface area (Å²) in [6.07, 6.45) is 19.8. The first-order valence-corrected chi connectivity index (χ1v) is 20.7. The number of rotatable bonds is 22. The molecule has 0 fully saturated rings. The first-order valence-electron chi connectivity index (χ1n) is 13.9. The van der Waals surface area contributed by atoms with Gasteiger partial charge >= 0.3 is 5.97 Å². The molecule has 0 aromatic heterocycles. The monoisotopic (exact) mass is 502 g/mol. The predicted octanol–water partition coefficient (Wildman–Crippen LogP) is 8.86. The van der Waals surface area contributed by atoms with Gasteiger partial charge in [-0.15, -0.1) is 0 Å². The number of hydrogen-bond donors (Lipinski definition) is 0. The Labute approximate surface area is 209 Å². The summed E-state index contributed by atoms with van der Waals surface area (Å²) in [4.78, 5) is 11.1. The summed E-state index contributed by atoms with van der Waals surface area (Å²) in [5.41, 5.74) is 0. The lowest BCUT2D eigenvalue weighted by Gasteiger charge is -2.36. The van der Waals surface area contributed by atoms with E-state index in [0.717, 1.165) is 25.7 Å². The molecule has 0 aliphatic rings. The fraction of sp³-hybridized carbons (Fsp3) is 0.963. The number of esters is 1. The van der Waals surface area contributed by atoms with E-state index >= 15 is 0 Å². The summed E-state index contributed by atoms with van der Waals surface area (Å²) in [7, 11) is -1.71. The summed E-state index contributed by atoms with van der Waals surface area (Å²) in [6.45, 7) is 16.1. The van der Waals surface area contributed by atoms with E-state index in [9.17, 15) is 4.79 Å². The minimum Gasteiger partial charge on any atom is -0.469 e. The molecule has 0 aromatic carbocycles. The standard InChI is InChI=1S/C27H58O4Si2/c1-9-10-22-25(30-32(3,4)5)26(31-33(6,7)8)23-20-18-16-14-12-11-13-15-17-19-21-24-27(28)29-2/h25-26H,9-24H2,1-8H3. The molecule has 0 aromatic rings. The molecule has 0 radical (unpaired) electrons. The fourth-order valence-electron chi connectivity index (χ4n) is 4.26. The summed E-state index contributed by atoms with van der Waals surface area (Å²) >= 11 is 0. The maximum absolute atomic E-state index is 11.1. The van der Waals surface area contributed by atoms with Crippen molar-refractivity contribution in [3.63, 3.8) is 0 Å². The third-order valence-electron chi connectivity index (χ3n) is 5.86. The Kier molecular flexibility index (Phi) is 19.0. The number of methoxy groups -OCH3 is 1. The van der Waals surface area contributed by atoms with Crippen molar-refractivity contribution < 1.29 is 18.4 Å². The van der Waals surface area contributed by atoms with Crippen molar-refractivity contribution in [3.8, 4) is 0 Å². The van der Waals surface area contributed by atoms with E-state index in [-0.39, 0.29) is 18.2 Å². The van der Waals surface area contributed by atoms with Gasteiger partial charge in [0.15, 0.2) is 16.6 Å². The lowest BCUT2D eigenvalue weighted by Crippen LogP contribution is -2.44. The second-order valence-corrected chi connectivity index (χ2v) is 20.6. The average Bonchev–Trinajstić information content (AvgIpc) is 2.71. The molecule has 0 saturated heterocycles. The molecule has 0 aliphatic carbocycles. The van der Waals surface area contributed by atoms with Gasteiger partial charge in [0.1, 0.15) is 0 Å². The van der Waals surface area contributed by atoms with Crippen LogP contribution in [0.15, 0.2) is 0 Å². The Balaban J connectivity index is 4.10. The van der Waals surface area contributed by atoms with E-state index in [4.69, 9.17) is 8.85 Å². The molecule has 0 bridgehead atoms. The summed E-state index contributed by atoms with van der Waals surface area (Å²) < 4.78 is 18.0. The second-order valence-electron chi connectivity index (χ2n) is 11.7. The van der Waals surface area contributed by atoms with Crippen molar-refractivity contribution in [2.24, 2.45) is 0 Å². The van der Waals surface area contributed by atoms with E-state index in [1.165, 1.54) is 77.7 Å². The Morgan fingerprint density at radius 3 is 1.33 bits per heavy atom. The Morgan fingerprint density at radius 1 is 0.606 bits per heavy atom. The Morgan fingerprint density at radius 2 is 0.970 bits per heavy atom. The molecule has 4 nitrogen and oxygen atoms in total. The first-order chi connectivity index (χ1) is 15.5. The minimum atomic E-state index is -1.60. The number of carbonyl (C=O) groups is 1. The van der Waals surface area contributed by atoms with Crippen molar-refractivity contribution in [1.29, 1.82) is 0 Å². The molecular formula is C27H58O4Si2. The molecule has 0 aliphatic heterocycles. The molecule has 33 heavy (non-hydrogen) atoms. The normalized spacial score (nSPS) is 14.3. The van der Waals surface area contributed by atoms with Gasteiger partial charge in [-0.2, -0.15) is 0 Å².